The first kappa shape index (κ1) is 17.4. The van der Waals surface area contributed by atoms with Crippen LogP contribution in [0.3, 0.4) is 0 Å². The number of hydrogen-bond acceptors (Lipinski definition) is 4. The van der Waals surface area contributed by atoms with Gasteiger partial charge in [0.15, 0.2) is 11.8 Å². The zero-order valence-electron chi connectivity index (χ0n) is 13.4. The standard InChI is InChI=1S/C14H28N6O/c1-4-6-9-21-10-7-8-16-14(15-5-2)17-11-13-19-18-12-20(13)3/h12H,4-11H2,1-3H3,(H2,15,16,17). The van der Waals surface area contributed by atoms with Crippen LogP contribution in [0.1, 0.15) is 38.9 Å². The van der Waals surface area contributed by atoms with Gasteiger partial charge < -0.3 is 19.9 Å². The van der Waals surface area contributed by atoms with E-state index >= 15 is 0 Å². The number of guanidine groups is 1. The Bertz CT molecular complexity index is 404. The molecule has 0 spiro atoms. The first-order chi connectivity index (χ1) is 10.3. The smallest absolute Gasteiger partial charge is 0.191 e. The van der Waals surface area contributed by atoms with E-state index in [0.29, 0.717) is 6.54 Å². The molecule has 0 aliphatic heterocycles. The van der Waals surface area contributed by atoms with Gasteiger partial charge in [0.25, 0.3) is 0 Å². The Hall–Kier alpha value is -1.63. The Kier molecular flexibility index (Phi) is 9.19. The van der Waals surface area contributed by atoms with Crippen LogP contribution in [0, 0.1) is 0 Å². The quantitative estimate of drug-likeness (QED) is 0.384. The summed E-state index contributed by atoms with van der Waals surface area (Å²) in [6.07, 6.45) is 4.96. The molecule has 1 heterocycles. The van der Waals surface area contributed by atoms with Gasteiger partial charge in [0.05, 0.1) is 0 Å². The van der Waals surface area contributed by atoms with Gasteiger partial charge in [-0.15, -0.1) is 10.2 Å². The second kappa shape index (κ2) is 11.1. The highest BCUT2D eigenvalue weighted by Gasteiger charge is 2.01. The van der Waals surface area contributed by atoms with Gasteiger partial charge >= 0.3 is 0 Å². The van der Waals surface area contributed by atoms with Crippen molar-refractivity contribution >= 4 is 5.96 Å². The molecule has 0 aliphatic carbocycles. The van der Waals surface area contributed by atoms with Gasteiger partial charge in [-0.05, 0) is 19.8 Å². The number of unbranched alkanes of at least 4 members (excludes halogenated alkanes) is 1. The van der Waals surface area contributed by atoms with Crippen molar-refractivity contribution in [1.29, 1.82) is 0 Å². The third kappa shape index (κ3) is 7.65. The predicted octanol–water partition coefficient (Wildman–Crippen LogP) is 1.08. The third-order valence-corrected chi connectivity index (χ3v) is 2.93. The number of nitrogens with zero attached hydrogens (tertiary/aromatic N) is 4. The topological polar surface area (TPSA) is 76.4 Å². The van der Waals surface area contributed by atoms with Gasteiger partial charge in [0, 0.05) is 33.4 Å². The Balaban J connectivity index is 2.24. The molecule has 7 heteroatoms. The lowest BCUT2D eigenvalue weighted by molar-refractivity contribution is 0.129. The van der Waals surface area contributed by atoms with Crippen molar-refractivity contribution in [2.45, 2.75) is 39.7 Å². The predicted molar refractivity (Wildman–Crippen MR) is 84.2 cm³/mol. The summed E-state index contributed by atoms with van der Waals surface area (Å²) in [6.45, 7) is 8.05. The van der Waals surface area contributed by atoms with Crippen molar-refractivity contribution in [3.05, 3.63) is 12.2 Å². The van der Waals surface area contributed by atoms with E-state index in [1.807, 2.05) is 18.5 Å². The number of rotatable bonds is 10. The van der Waals surface area contributed by atoms with E-state index in [9.17, 15) is 0 Å². The Labute approximate surface area is 127 Å². The van der Waals surface area contributed by atoms with Crippen molar-refractivity contribution in [2.24, 2.45) is 12.0 Å². The van der Waals surface area contributed by atoms with E-state index in [-0.39, 0.29) is 0 Å². The molecule has 1 aromatic rings. The molecule has 0 bridgehead atoms. The van der Waals surface area contributed by atoms with E-state index in [0.717, 1.165) is 50.9 Å². The summed E-state index contributed by atoms with van der Waals surface area (Å²) < 4.78 is 7.40. The minimum atomic E-state index is 0.513. The monoisotopic (exact) mass is 296 g/mol. The SMILES string of the molecule is CCCCOCCCNC(=NCc1nncn1C)NCC. The maximum Gasteiger partial charge on any atom is 0.191 e. The molecule has 0 radical (unpaired) electrons. The number of aromatic nitrogens is 3. The molecule has 21 heavy (non-hydrogen) atoms. The molecule has 120 valence electrons. The Morgan fingerprint density at radius 2 is 2.10 bits per heavy atom. The minimum absolute atomic E-state index is 0.513. The van der Waals surface area contributed by atoms with Crippen LogP contribution < -0.4 is 10.6 Å². The van der Waals surface area contributed by atoms with E-state index in [2.05, 4.69) is 32.7 Å². The van der Waals surface area contributed by atoms with E-state index < -0.39 is 0 Å². The molecule has 0 aliphatic rings. The Morgan fingerprint density at radius 1 is 1.29 bits per heavy atom. The maximum atomic E-state index is 5.53. The zero-order valence-corrected chi connectivity index (χ0v) is 13.4. The molecule has 0 saturated carbocycles. The lowest BCUT2D eigenvalue weighted by Crippen LogP contribution is -2.38. The van der Waals surface area contributed by atoms with E-state index in [1.54, 1.807) is 6.33 Å². The number of hydrogen-bond donors (Lipinski definition) is 2. The molecule has 0 aromatic carbocycles. The molecular weight excluding hydrogens is 268 g/mol. The molecule has 0 atom stereocenters. The molecule has 0 amide bonds. The highest BCUT2D eigenvalue weighted by molar-refractivity contribution is 5.79. The third-order valence-electron chi connectivity index (χ3n) is 2.93. The highest BCUT2D eigenvalue weighted by atomic mass is 16.5. The summed E-state index contributed by atoms with van der Waals surface area (Å²) in [5.41, 5.74) is 0. The minimum Gasteiger partial charge on any atom is -0.381 e. The zero-order chi connectivity index (χ0) is 15.3. The average Bonchev–Trinajstić information content (AvgIpc) is 2.89. The summed E-state index contributed by atoms with van der Waals surface area (Å²) in [5.74, 6) is 1.64. The van der Waals surface area contributed by atoms with Gasteiger partial charge in [-0.25, -0.2) is 4.99 Å². The fourth-order valence-corrected chi connectivity index (χ4v) is 1.67. The molecule has 7 nitrogen and oxygen atoms in total. The van der Waals surface area contributed by atoms with Crippen molar-refractivity contribution in [2.75, 3.05) is 26.3 Å². The van der Waals surface area contributed by atoms with Crippen LogP contribution in [0.15, 0.2) is 11.3 Å². The van der Waals surface area contributed by atoms with Crippen LogP contribution in [0.4, 0.5) is 0 Å². The van der Waals surface area contributed by atoms with E-state index in [1.165, 1.54) is 6.42 Å². The van der Waals surface area contributed by atoms with Crippen LogP contribution in [-0.2, 0) is 18.3 Å². The number of aryl methyl sites for hydroxylation is 1. The number of ether oxygens (including phenoxy) is 1. The maximum absolute atomic E-state index is 5.53. The molecule has 0 fully saturated rings. The number of nitrogens with one attached hydrogen (secondary N) is 2. The Morgan fingerprint density at radius 3 is 2.76 bits per heavy atom. The van der Waals surface area contributed by atoms with Gasteiger partial charge in [-0.2, -0.15) is 0 Å². The summed E-state index contributed by atoms with van der Waals surface area (Å²) in [6, 6.07) is 0. The van der Waals surface area contributed by atoms with Gasteiger partial charge in [0.1, 0.15) is 12.9 Å². The van der Waals surface area contributed by atoms with Gasteiger partial charge in [-0.1, -0.05) is 13.3 Å². The molecular formula is C14H28N6O. The van der Waals surface area contributed by atoms with Crippen molar-refractivity contribution < 1.29 is 4.74 Å². The van der Waals surface area contributed by atoms with Crippen molar-refractivity contribution in [3.63, 3.8) is 0 Å². The largest absolute Gasteiger partial charge is 0.381 e. The van der Waals surface area contributed by atoms with Crippen molar-refractivity contribution in [3.8, 4) is 0 Å². The van der Waals surface area contributed by atoms with Crippen LogP contribution in [0.2, 0.25) is 0 Å². The lowest BCUT2D eigenvalue weighted by Gasteiger charge is -2.11. The first-order valence-electron chi connectivity index (χ1n) is 7.70. The fourth-order valence-electron chi connectivity index (χ4n) is 1.67. The van der Waals surface area contributed by atoms with Crippen LogP contribution >= 0.6 is 0 Å². The van der Waals surface area contributed by atoms with Crippen LogP contribution in [-0.4, -0.2) is 47.0 Å². The molecule has 0 unspecified atom stereocenters. The fraction of sp³-hybridized carbons (Fsp3) is 0.786. The molecule has 2 N–H and O–H groups in total. The summed E-state index contributed by atoms with van der Waals surface area (Å²) in [7, 11) is 1.92. The molecule has 1 rings (SSSR count). The second-order valence-corrected chi connectivity index (χ2v) is 4.80. The molecule has 1 aromatic heterocycles. The number of aliphatic imine (C=N–C) groups is 1. The first-order valence-corrected chi connectivity index (χ1v) is 7.70. The lowest BCUT2D eigenvalue weighted by atomic mass is 10.4. The summed E-state index contributed by atoms with van der Waals surface area (Å²) >= 11 is 0. The summed E-state index contributed by atoms with van der Waals surface area (Å²) in [4.78, 5) is 4.49. The highest BCUT2D eigenvalue weighted by Crippen LogP contribution is 1.94. The van der Waals surface area contributed by atoms with Crippen LogP contribution in [0.5, 0.6) is 0 Å². The second-order valence-electron chi connectivity index (χ2n) is 4.80. The van der Waals surface area contributed by atoms with Gasteiger partial charge in [-0.3, -0.25) is 0 Å². The average molecular weight is 296 g/mol. The van der Waals surface area contributed by atoms with Crippen molar-refractivity contribution in [1.82, 2.24) is 25.4 Å². The molecule has 0 saturated heterocycles. The van der Waals surface area contributed by atoms with Gasteiger partial charge in [0.2, 0.25) is 0 Å². The summed E-state index contributed by atoms with van der Waals surface area (Å²) in [5, 5.41) is 14.4. The van der Waals surface area contributed by atoms with E-state index in [4.69, 9.17) is 4.74 Å². The normalized spacial score (nSPS) is 11.7. The van der Waals surface area contributed by atoms with Crippen LogP contribution in [0.25, 0.3) is 0 Å².